The van der Waals surface area contributed by atoms with E-state index in [2.05, 4.69) is 42.0 Å². The van der Waals surface area contributed by atoms with Crippen LogP contribution in [-0.4, -0.2) is 50.0 Å². The fourth-order valence-electron chi connectivity index (χ4n) is 3.56. The van der Waals surface area contributed by atoms with E-state index in [4.69, 9.17) is 0 Å². The van der Waals surface area contributed by atoms with Crippen LogP contribution in [0.2, 0.25) is 0 Å². The molecule has 35 heavy (non-hydrogen) atoms. The van der Waals surface area contributed by atoms with Crippen LogP contribution in [0.25, 0.3) is 0 Å². The highest BCUT2D eigenvalue weighted by Crippen LogP contribution is 2.26. The lowest BCUT2D eigenvalue weighted by Gasteiger charge is -2.32. The summed E-state index contributed by atoms with van der Waals surface area (Å²) in [7, 11) is -3.76. The van der Waals surface area contributed by atoms with E-state index in [9.17, 15) is 18.0 Å². The number of rotatable bonds is 9. The molecule has 0 bridgehead atoms. The number of carbonyl (C=O) groups is 2. The van der Waals surface area contributed by atoms with Gasteiger partial charge in [-0.05, 0) is 61.6 Å². The number of benzene rings is 2. The molecule has 1 N–H and O–H groups in total. The van der Waals surface area contributed by atoms with E-state index in [1.165, 1.54) is 4.90 Å². The van der Waals surface area contributed by atoms with Gasteiger partial charge in [-0.1, -0.05) is 61.0 Å². The molecule has 0 unspecified atom stereocenters. The molecule has 0 fully saturated rings. The number of nitrogens with zero attached hydrogens (tertiary/aromatic N) is 2. The molecule has 0 saturated carbocycles. The van der Waals surface area contributed by atoms with Gasteiger partial charge in [0.2, 0.25) is 21.8 Å². The van der Waals surface area contributed by atoms with Crippen LogP contribution in [0, 0.1) is 0 Å². The number of hydrogen-bond acceptors (Lipinski definition) is 4. The Balaban J connectivity index is 2.40. The van der Waals surface area contributed by atoms with Gasteiger partial charge in [0.25, 0.3) is 0 Å². The number of halogens is 1. The predicted molar refractivity (Wildman–Crippen MR) is 145 cm³/mol. The first-order valence-corrected chi connectivity index (χ1v) is 14.2. The maximum absolute atomic E-state index is 13.5. The second kappa shape index (κ2) is 11.6. The molecule has 0 aliphatic heterocycles. The molecule has 0 saturated heterocycles. The monoisotopic (exact) mass is 565 g/mol. The molecule has 2 aromatic rings. The highest BCUT2D eigenvalue weighted by Gasteiger charge is 2.30. The van der Waals surface area contributed by atoms with Crippen LogP contribution < -0.4 is 9.62 Å². The zero-order valence-electron chi connectivity index (χ0n) is 21.5. The van der Waals surface area contributed by atoms with Crippen LogP contribution in [0.5, 0.6) is 0 Å². The van der Waals surface area contributed by atoms with Gasteiger partial charge < -0.3 is 10.2 Å². The van der Waals surface area contributed by atoms with Crippen LogP contribution in [0.3, 0.4) is 0 Å². The molecular weight excluding hydrogens is 530 g/mol. The first kappa shape index (κ1) is 28.8. The van der Waals surface area contributed by atoms with Crippen molar-refractivity contribution >= 4 is 43.5 Å². The van der Waals surface area contributed by atoms with Crippen LogP contribution in [0.1, 0.15) is 52.7 Å². The van der Waals surface area contributed by atoms with E-state index >= 15 is 0 Å². The number of amides is 2. The van der Waals surface area contributed by atoms with E-state index in [1.807, 2.05) is 50.2 Å². The van der Waals surface area contributed by atoms with Crippen LogP contribution >= 0.6 is 15.9 Å². The lowest BCUT2D eigenvalue weighted by molar-refractivity contribution is -0.139. The standard InChI is InChI=1S/C26H36BrN3O4S/c1-18(2)28-25(32)19(3)29(16-20-9-8-10-22(27)15-20)24(31)17-30(35(7,33)34)23-13-11-21(12-14-23)26(4,5)6/h8-15,18-19H,16-17H2,1-7H3,(H,28,32)/t19-/m0/s1. The molecule has 0 aliphatic carbocycles. The summed E-state index contributed by atoms with van der Waals surface area (Å²) in [5, 5.41) is 2.84. The maximum Gasteiger partial charge on any atom is 0.244 e. The maximum atomic E-state index is 13.5. The number of nitrogens with one attached hydrogen (secondary N) is 1. The van der Waals surface area contributed by atoms with Crippen molar-refractivity contribution in [1.29, 1.82) is 0 Å². The summed E-state index contributed by atoms with van der Waals surface area (Å²) in [5.74, 6) is -0.773. The minimum atomic E-state index is -3.76. The molecule has 2 aromatic carbocycles. The Labute approximate surface area is 218 Å². The Morgan fingerprint density at radius 1 is 1.03 bits per heavy atom. The number of carbonyl (C=O) groups excluding carboxylic acids is 2. The van der Waals surface area contributed by atoms with Crippen molar-refractivity contribution in [2.24, 2.45) is 0 Å². The molecule has 0 aliphatic rings. The van der Waals surface area contributed by atoms with Crippen molar-refractivity contribution in [1.82, 2.24) is 10.2 Å². The highest BCUT2D eigenvalue weighted by atomic mass is 79.9. The molecule has 9 heteroatoms. The third-order valence-corrected chi connectivity index (χ3v) is 7.17. The first-order valence-electron chi connectivity index (χ1n) is 11.5. The van der Waals surface area contributed by atoms with Gasteiger partial charge in [-0.2, -0.15) is 0 Å². The third-order valence-electron chi connectivity index (χ3n) is 5.54. The first-order chi connectivity index (χ1) is 16.1. The summed E-state index contributed by atoms with van der Waals surface area (Å²) < 4.78 is 27.3. The number of hydrogen-bond donors (Lipinski definition) is 1. The second-order valence-electron chi connectivity index (χ2n) is 10.1. The summed E-state index contributed by atoms with van der Waals surface area (Å²) in [6.07, 6.45) is 1.07. The van der Waals surface area contributed by atoms with E-state index in [0.717, 1.165) is 26.2 Å². The minimum Gasteiger partial charge on any atom is -0.352 e. The summed E-state index contributed by atoms with van der Waals surface area (Å²) in [6.45, 7) is 11.3. The van der Waals surface area contributed by atoms with Gasteiger partial charge in [-0.25, -0.2) is 8.42 Å². The molecule has 7 nitrogen and oxygen atoms in total. The fraction of sp³-hybridized carbons (Fsp3) is 0.462. The van der Waals surface area contributed by atoms with Gasteiger partial charge in [-0.15, -0.1) is 0 Å². The molecule has 0 heterocycles. The van der Waals surface area contributed by atoms with E-state index in [-0.39, 0.29) is 23.9 Å². The van der Waals surface area contributed by atoms with E-state index in [0.29, 0.717) is 5.69 Å². The van der Waals surface area contributed by atoms with Gasteiger partial charge in [-0.3, -0.25) is 13.9 Å². The van der Waals surface area contributed by atoms with E-state index < -0.39 is 28.5 Å². The molecule has 2 amide bonds. The summed E-state index contributed by atoms with van der Waals surface area (Å²) >= 11 is 3.43. The van der Waals surface area contributed by atoms with Gasteiger partial charge in [0.05, 0.1) is 11.9 Å². The average Bonchev–Trinajstić information content (AvgIpc) is 2.73. The smallest absolute Gasteiger partial charge is 0.244 e. The second-order valence-corrected chi connectivity index (χ2v) is 12.9. The molecular formula is C26H36BrN3O4S. The lowest BCUT2D eigenvalue weighted by atomic mass is 9.87. The zero-order chi connectivity index (χ0) is 26.6. The Kier molecular flexibility index (Phi) is 9.53. The normalized spacial score (nSPS) is 12.8. The van der Waals surface area contributed by atoms with Crippen molar-refractivity contribution in [3.05, 3.63) is 64.1 Å². The van der Waals surface area contributed by atoms with Gasteiger partial charge in [0, 0.05) is 17.1 Å². The largest absolute Gasteiger partial charge is 0.352 e. The van der Waals surface area contributed by atoms with Crippen molar-refractivity contribution in [2.45, 2.75) is 65.6 Å². The number of sulfonamides is 1. The van der Waals surface area contributed by atoms with Crippen molar-refractivity contribution in [3.63, 3.8) is 0 Å². The third kappa shape index (κ3) is 8.35. The van der Waals surface area contributed by atoms with Crippen molar-refractivity contribution < 1.29 is 18.0 Å². The van der Waals surface area contributed by atoms with Crippen LogP contribution in [0.15, 0.2) is 53.0 Å². The average molecular weight is 567 g/mol. The molecule has 2 rings (SSSR count). The Morgan fingerprint density at radius 3 is 2.11 bits per heavy atom. The van der Waals surface area contributed by atoms with Crippen LogP contribution in [0.4, 0.5) is 5.69 Å². The van der Waals surface area contributed by atoms with E-state index in [1.54, 1.807) is 19.1 Å². The molecule has 0 radical (unpaired) electrons. The SMILES string of the molecule is CC(C)NC(=O)[C@H](C)N(Cc1cccc(Br)c1)C(=O)CN(c1ccc(C(C)(C)C)cc1)S(C)(=O)=O. The topological polar surface area (TPSA) is 86.8 Å². The van der Waals surface area contributed by atoms with Crippen molar-refractivity contribution in [2.75, 3.05) is 17.1 Å². The molecule has 1 atom stereocenters. The summed E-state index contributed by atoms with van der Waals surface area (Å²) in [5.41, 5.74) is 2.17. The highest BCUT2D eigenvalue weighted by molar-refractivity contribution is 9.10. The molecule has 0 spiro atoms. The Morgan fingerprint density at radius 2 is 1.63 bits per heavy atom. The van der Waals surface area contributed by atoms with Gasteiger partial charge in [0.15, 0.2) is 0 Å². The quantitative estimate of drug-likeness (QED) is 0.486. The Hall–Kier alpha value is -2.39. The van der Waals surface area contributed by atoms with Gasteiger partial charge >= 0.3 is 0 Å². The van der Waals surface area contributed by atoms with Crippen molar-refractivity contribution in [3.8, 4) is 0 Å². The fourth-order valence-corrected chi connectivity index (χ4v) is 4.86. The number of anilines is 1. The summed E-state index contributed by atoms with van der Waals surface area (Å²) in [6, 6.07) is 13.7. The zero-order valence-corrected chi connectivity index (χ0v) is 23.9. The Bertz CT molecular complexity index is 1140. The minimum absolute atomic E-state index is 0.0930. The summed E-state index contributed by atoms with van der Waals surface area (Å²) in [4.78, 5) is 27.8. The van der Waals surface area contributed by atoms with Crippen LogP contribution in [-0.2, 0) is 31.6 Å². The lowest BCUT2D eigenvalue weighted by Crippen LogP contribution is -2.52. The van der Waals surface area contributed by atoms with Gasteiger partial charge in [0.1, 0.15) is 12.6 Å². The molecule has 0 aromatic heterocycles. The predicted octanol–water partition coefficient (Wildman–Crippen LogP) is 4.45. The molecule has 192 valence electrons.